The predicted molar refractivity (Wildman–Crippen MR) is 90.0 cm³/mol. The van der Waals surface area contributed by atoms with Crippen molar-refractivity contribution in [3.63, 3.8) is 0 Å². The Hall–Kier alpha value is -1.51. The summed E-state index contributed by atoms with van der Waals surface area (Å²) in [6.07, 6.45) is 0.708. The van der Waals surface area contributed by atoms with E-state index in [1.54, 1.807) is 0 Å². The number of para-hydroxylation sites is 1. The summed E-state index contributed by atoms with van der Waals surface area (Å²) in [4.78, 5) is 4.69. The third kappa shape index (κ3) is 2.54. The zero-order valence-corrected chi connectivity index (χ0v) is 13.5. The molecular weight excluding hydrogens is 303 g/mol. The predicted octanol–water partition coefficient (Wildman–Crippen LogP) is 5.08. The molecule has 0 fully saturated rings. The van der Waals surface area contributed by atoms with Gasteiger partial charge in [0.05, 0.1) is 16.1 Å². The molecule has 0 unspecified atom stereocenters. The number of imidazole rings is 1. The highest BCUT2D eigenvalue weighted by Gasteiger charge is 2.14. The van der Waals surface area contributed by atoms with Crippen LogP contribution in [0.25, 0.3) is 16.7 Å². The van der Waals surface area contributed by atoms with Crippen molar-refractivity contribution >= 4 is 34.2 Å². The van der Waals surface area contributed by atoms with Crippen LogP contribution in [0.15, 0.2) is 36.4 Å². The summed E-state index contributed by atoms with van der Waals surface area (Å²) in [5.74, 6) is 1.47. The Bertz CT molecular complexity index is 806. The highest BCUT2D eigenvalue weighted by Crippen LogP contribution is 2.29. The zero-order chi connectivity index (χ0) is 15.0. The van der Waals surface area contributed by atoms with Gasteiger partial charge < -0.3 is 0 Å². The van der Waals surface area contributed by atoms with Gasteiger partial charge in [0.1, 0.15) is 5.82 Å². The second-order valence-electron chi connectivity index (χ2n) is 5.18. The van der Waals surface area contributed by atoms with E-state index in [9.17, 15) is 0 Å². The van der Waals surface area contributed by atoms with Crippen molar-refractivity contribution in [2.45, 2.75) is 20.3 Å². The van der Waals surface area contributed by atoms with Gasteiger partial charge >= 0.3 is 0 Å². The van der Waals surface area contributed by atoms with E-state index < -0.39 is 0 Å². The Morgan fingerprint density at radius 3 is 2.62 bits per heavy atom. The fourth-order valence-electron chi connectivity index (χ4n) is 2.53. The van der Waals surface area contributed by atoms with Crippen molar-refractivity contribution in [2.75, 3.05) is 5.88 Å². The highest BCUT2D eigenvalue weighted by molar-refractivity contribution is 6.35. The molecule has 108 valence electrons. The van der Waals surface area contributed by atoms with E-state index >= 15 is 0 Å². The van der Waals surface area contributed by atoms with Crippen LogP contribution < -0.4 is 0 Å². The summed E-state index contributed by atoms with van der Waals surface area (Å²) >= 11 is 12.3. The molecule has 1 aromatic heterocycles. The second-order valence-corrected chi connectivity index (χ2v) is 5.96. The lowest BCUT2D eigenvalue weighted by atomic mass is 10.1. The van der Waals surface area contributed by atoms with Crippen LogP contribution in [0.3, 0.4) is 0 Å². The van der Waals surface area contributed by atoms with Gasteiger partial charge in [-0.05, 0) is 49.2 Å². The maximum absolute atomic E-state index is 6.40. The van der Waals surface area contributed by atoms with Gasteiger partial charge in [0, 0.05) is 18.0 Å². The average molecular weight is 319 g/mol. The molecule has 0 atom stereocenters. The molecule has 0 N–H and O–H groups in total. The number of benzene rings is 2. The molecule has 0 radical (unpaired) electrons. The van der Waals surface area contributed by atoms with Crippen molar-refractivity contribution in [1.82, 2.24) is 9.55 Å². The molecule has 2 aromatic carbocycles. The van der Waals surface area contributed by atoms with Crippen LogP contribution in [0.1, 0.15) is 17.0 Å². The van der Waals surface area contributed by atoms with E-state index in [4.69, 9.17) is 23.2 Å². The number of halogens is 2. The third-order valence-corrected chi connectivity index (χ3v) is 4.26. The minimum Gasteiger partial charge on any atom is -0.295 e. The van der Waals surface area contributed by atoms with Gasteiger partial charge in [-0.25, -0.2) is 4.98 Å². The number of fused-ring (bicyclic) bond motifs is 1. The Balaban J connectivity index is 2.32. The Kier molecular flexibility index (Phi) is 3.92. The fraction of sp³-hybridized carbons (Fsp3) is 0.235. The molecule has 0 saturated carbocycles. The summed E-state index contributed by atoms with van der Waals surface area (Å²) in [5, 5.41) is 0.707. The third-order valence-electron chi connectivity index (χ3n) is 3.76. The lowest BCUT2D eigenvalue weighted by Gasteiger charge is -2.11. The van der Waals surface area contributed by atoms with Crippen LogP contribution in [0.4, 0.5) is 0 Å². The minimum atomic E-state index is 0.534. The highest BCUT2D eigenvalue weighted by atomic mass is 35.5. The lowest BCUT2D eigenvalue weighted by Crippen LogP contribution is -2.03. The van der Waals surface area contributed by atoms with Gasteiger partial charge in [-0.15, -0.1) is 11.6 Å². The first kappa shape index (κ1) is 14.4. The monoisotopic (exact) mass is 318 g/mol. The molecule has 0 bridgehead atoms. The Morgan fingerprint density at radius 2 is 1.90 bits per heavy atom. The fourth-order valence-corrected chi connectivity index (χ4v) is 2.95. The number of nitrogens with zero attached hydrogens (tertiary/aromatic N) is 2. The molecule has 0 aliphatic carbocycles. The average Bonchev–Trinajstić information content (AvgIpc) is 2.82. The van der Waals surface area contributed by atoms with Gasteiger partial charge in [0.15, 0.2) is 0 Å². The number of hydrogen-bond acceptors (Lipinski definition) is 1. The first-order valence-corrected chi connectivity index (χ1v) is 7.82. The van der Waals surface area contributed by atoms with Crippen LogP contribution in [-0.4, -0.2) is 15.4 Å². The zero-order valence-electron chi connectivity index (χ0n) is 12.0. The minimum absolute atomic E-state index is 0.534. The maximum atomic E-state index is 6.40. The SMILES string of the molecule is Cc1ccc(-n2c(CCCl)nc3cccc(Cl)c32)cc1C. The van der Waals surface area contributed by atoms with Crippen molar-refractivity contribution in [2.24, 2.45) is 0 Å². The van der Waals surface area contributed by atoms with Gasteiger partial charge in [-0.1, -0.05) is 23.7 Å². The first-order chi connectivity index (χ1) is 10.1. The van der Waals surface area contributed by atoms with Gasteiger partial charge in [-0.2, -0.15) is 0 Å². The molecule has 1 heterocycles. The molecule has 21 heavy (non-hydrogen) atoms. The van der Waals surface area contributed by atoms with Crippen LogP contribution in [0.2, 0.25) is 5.02 Å². The summed E-state index contributed by atoms with van der Waals surface area (Å²) in [7, 11) is 0. The van der Waals surface area contributed by atoms with E-state index in [0.29, 0.717) is 17.3 Å². The van der Waals surface area contributed by atoms with Crippen molar-refractivity contribution in [3.05, 3.63) is 58.4 Å². The number of rotatable bonds is 3. The van der Waals surface area contributed by atoms with Gasteiger partial charge in [0.2, 0.25) is 0 Å². The quantitative estimate of drug-likeness (QED) is 0.616. The number of aromatic nitrogens is 2. The van der Waals surface area contributed by atoms with Crippen molar-refractivity contribution in [1.29, 1.82) is 0 Å². The molecule has 0 aliphatic rings. The lowest BCUT2D eigenvalue weighted by molar-refractivity contribution is 0.911. The molecule has 3 rings (SSSR count). The molecule has 4 heteroatoms. The maximum Gasteiger partial charge on any atom is 0.115 e. The standard InChI is InChI=1S/C17H16Cl2N2/c1-11-6-7-13(10-12(11)2)21-16(8-9-18)20-15-5-3-4-14(19)17(15)21/h3-7,10H,8-9H2,1-2H3. The van der Waals surface area contributed by atoms with E-state index in [2.05, 4.69) is 41.6 Å². The first-order valence-electron chi connectivity index (χ1n) is 6.91. The number of aryl methyl sites for hydroxylation is 3. The summed E-state index contributed by atoms with van der Waals surface area (Å²) in [6.45, 7) is 4.22. The molecule has 0 saturated heterocycles. The molecule has 3 aromatic rings. The summed E-state index contributed by atoms with van der Waals surface area (Å²) < 4.78 is 2.12. The molecule has 0 aliphatic heterocycles. The number of alkyl halides is 1. The van der Waals surface area contributed by atoms with Gasteiger partial charge in [-0.3, -0.25) is 4.57 Å². The smallest absolute Gasteiger partial charge is 0.115 e. The Morgan fingerprint density at radius 1 is 1.10 bits per heavy atom. The van der Waals surface area contributed by atoms with Crippen LogP contribution >= 0.6 is 23.2 Å². The summed E-state index contributed by atoms with van der Waals surface area (Å²) in [5.41, 5.74) is 5.45. The number of hydrogen-bond donors (Lipinski definition) is 0. The normalized spacial score (nSPS) is 11.2. The van der Waals surface area contributed by atoms with E-state index in [-0.39, 0.29) is 0 Å². The van der Waals surface area contributed by atoms with Crippen LogP contribution in [-0.2, 0) is 6.42 Å². The van der Waals surface area contributed by atoms with E-state index in [1.807, 2.05) is 18.2 Å². The van der Waals surface area contributed by atoms with Crippen molar-refractivity contribution in [3.8, 4) is 5.69 Å². The second kappa shape index (κ2) is 5.70. The topological polar surface area (TPSA) is 17.8 Å². The summed E-state index contributed by atoms with van der Waals surface area (Å²) in [6, 6.07) is 12.2. The van der Waals surface area contributed by atoms with Crippen LogP contribution in [0.5, 0.6) is 0 Å². The molecular formula is C17H16Cl2N2. The largest absolute Gasteiger partial charge is 0.295 e. The van der Waals surface area contributed by atoms with E-state index in [0.717, 1.165) is 22.5 Å². The molecule has 0 amide bonds. The molecule has 0 spiro atoms. The van der Waals surface area contributed by atoms with Crippen molar-refractivity contribution < 1.29 is 0 Å². The van der Waals surface area contributed by atoms with Crippen LogP contribution in [0, 0.1) is 13.8 Å². The molecule has 2 nitrogen and oxygen atoms in total. The Labute approximate surface area is 134 Å². The van der Waals surface area contributed by atoms with E-state index in [1.165, 1.54) is 11.1 Å². The van der Waals surface area contributed by atoms with Gasteiger partial charge in [0.25, 0.3) is 0 Å².